The quantitative estimate of drug-likeness (QED) is 0.627. The maximum atomic E-state index is 14.2. The molecule has 1 N–H and O–H groups in total. The molecule has 0 bridgehead atoms. The van der Waals surface area contributed by atoms with Crippen LogP contribution in [0.3, 0.4) is 0 Å². The SMILES string of the molecule is COc1c(F)cccc1C=C(CNC(=O)OCc1ccccc1)B1OC(C)(C)C(C)(C)O1. The van der Waals surface area contributed by atoms with Crippen LogP contribution in [-0.4, -0.2) is 38.1 Å². The summed E-state index contributed by atoms with van der Waals surface area (Å²) in [7, 11) is 0.672. The summed E-state index contributed by atoms with van der Waals surface area (Å²) in [6.45, 7) is 8.00. The molecule has 0 spiro atoms. The fourth-order valence-electron chi connectivity index (χ4n) is 3.20. The zero-order valence-electron chi connectivity index (χ0n) is 19.1. The average Bonchev–Trinajstić information content (AvgIpc) is 2.97. The maximum absolute atomic E-state index is 14.2. The third-order valence-corrected chi connectivity index (χ3v) is 5.75. The van der Waals surface area contributed by atoms with E-state index in [0.717, 1.165) is 5.56 Å². The molecule has 170 valence electrons. The number of halogens is 1. The van der Waals surface area contributed by atoms with Crippen LogP contribution in [0.2, 0.25) is 0 Å². The summed E-state index contributed by atoms with van der Waals surface area (Å²) in [5, 5.41) is 2.73. The summed E-state index contributed by atoms with van der Waals surface area (Å²) in [6, 6.07) is 14.0. The molecular weight excluding hydrogens is 412 g/mol. The van der Waals surface area contributed by atoms with Crippen molar-refractivity contribution in [2.45, 2.75) is 45.5 Å². The largest absolute Gasteiger partial charge is 0.493 e. The van der Waals surface area contributed by atoms with Crippen LogP contribution in [0.15, 0.2) is 54.0 Å². The highest BCUT2D eigenvalue weighted by atomic mass is 19.1. The first-order chi connectivity index (χ1) is 15.1. The molecule has 8 heteroatoms. The fourth-order valence-corrected chi connectivity index (χ4v) is 3.20. The summed E-state index contributed by atoms with van der Waals surface area (Å²) in [5.74, 6) is -0.377. The van der Waals surface area contributed by atoms with E-state index in [1.54, 1.807) is 18.2 Å². The predicted octanol–water partition coefficient (Wildman–Crippen LogP) is 4.78. The number of hydrogen-bond acceptors (Lipinski definition) is 5. The number of ether oxygens (including phenoxy) is 2. The molecule has 3 rings (SSSR count). The van der Waals surface area contributed by atoms with E-state index in [1.807, 2.05) is 58.0 Å². The molecule has 0 aliphatic carbocycles. The summed E-state index contributed by atoms with van der Waals surface area (Å²) in [6.07, 6.45) is 1.13. The van der Waals surface area contributed by atoms with Gasteiger partial charge in [0.15, 0.2) is 11.6 Å². The zero-order chi connectivity index (χ0) is 23.4. The van der Waals surface area contributed by atoms with Crippen LogP contribution in [0, 0.1) is 5.82 Å². The second-order valence-corrected chi connectivity index (χ2v) is 8.59. The van der Waals surface area contributed by atoms with Gasteiger partial charge in [0.2, 0.25) is 0 Å². The first-order valence-corrected chi connectivity index (χ1v) is 10.5. The van der Waals surface area contributed by atoms with Crippen molar-refractivity contribution in [1.29, 1.82) is 0 Å². The van der Waals surface area contributed by atoms with Gasteiger partial charge in [0.25, 0.3) is 0 Å². The van der Waals surface area contributed by atoms with E-state index in [2.05, 4.69) is 5.32 Å². The Balaban J connectivity index is 1.79. The Hall–Kier alpha value is -2.84. The number of rotatable bonds is 7. The molecule has 1 aliphatic heterocycles. The van der Waals surface area contributed by atoms with Crippen molar-refractivity contribution in [3.63, 3.8) is 0 Å². The van der Waals surface area contributed by atoms with Gasteiger partial charge in [0, 0.05) is 12.1 Å². The van der Waals surface area contributed by atoms with Crippen molar-refractivity contribution >= 4 is 19.3 Å². The molecule has 2 aromatic rings. The Morgan fingerprint density at radius 3 is 2.34 bits per heavy atom. The Bertz CT molecular complexity index is 962. The van der Waals surface area contributed by atoms with Gasteiger partial charge in [-0.2, -0.15) is 0 Å². The summed E-state index contributed by atoms with van der Waals surface area (Å²) >= 11 is 0. The van der Waals surface area contributed by atoms with E-state index in [9.17, 15) is 9.18 Å². The molecular formula is C24H29BFNO5. The number of hydrogen-bond donors (Lipinski definition) is 1. The molecule has 1 saturated heterocycles. The smallest absolute Gasteiger partial charge is 0.492 e. The molecule has 0 saturated carbocycles. The zero-order valence-corrected chi connectivity index (χ0v) is 19.1. The second-order valence-electron chi connectivity index (χ2n) is 8.59. The topological polar surface area (TPSA) is 66.0 Å². The number of carbonyl (C=O) groups excluding carboxylic acids is 1. The van der Waals surface area contributed by atoms with Gasteiger partial charge in [-0.25, -0.2) is 9.18 Å². The monoisotopic (exact) mass is 441 g/mol. The molecule has 1 amide bonds. The van der Waals surface area contributed by atoms with Crippen LogP contribution in [0.4, 0.5) is 9.18 Å². The van der Waals surface area contributed by atoms with E-state index in [4.69, 9.17) is 18.8 Å². The first-order valence-electron chi connectivity index (χ1n) is 10.5. The van der Waals surface area contributed by atoms with Gasteiger partial charge in [-0.1, -0.05) is 48.5 Å². The van der Waals surface area contributed by atoms with Gasteiger partial charge in [0.05, 0.1) is 18.3 Å². The van der Waals surface area contributed by atoms with Crippen molar-refractivity contribution in [3.8, 4) is 5.75 Å². The summed E-state index contributed by atoms with van der Waals surface area (Å²) in [4.78, 5) is 12.3. The van der Waals surface area contributed by atoms with Crippen molar-refractivity contribution in [1.82, 2.24) is 5.32 Å². The number of methoxy groups -OCH3 is 1. The van der Waals surface area contributed by atoms with Gasteiger partial charge in [0.1, 0.15) is 6.61 Å². The molecule has 1 heterocycles. The number of carbonyl (C=O) groups is 1. The lowest BCUT2D eigenvalue weighted by Gasteiger charge is -2.32. The van der Waals surface area contributed by atoms with E-state index < -0.39 is 30.2 Å². The number of amides is 1. The van der Waals surface area contributed by atoms with Crippen molar-refractivity contribution < 1.29 is 28.0 Å². The Morgan fingerprint density at radius 1 is 1.06 bits per heavy atom. The fraction of sp³-hybridized carbons (Fsp3) is 0.375. The summed E-state index contributed by atoms with van der Waals surface area (Å²) in [5.41, 5.74) is 0.849. The van der Waals surface area contributed by atoms with Crippen molar-refractivity contribution in [2.24, 2.45) is 0 Å². The lowest BCUT2D eigenvalue weighted by molar-refractivity contribution is 0.00578. The van der Waals surface area contributed by atoms with Gasteiger partial charge >= 0.3 is 13.2 Å². The van der Waals surface area contributed by atoms with Gasteiger partial charge in [-0.3, -0.25) is 0 Å². The van der Waals surface area contributed by atoms with Crippen LogP contribution in [0.25, 0.3) is 6.08 Å². The standard InChI is InChI=1S/C24H29BFNO5/c1-23(2)24(3,4)32-25(31-23)19(14-18-12-9-13-20(26)21(18)29-5)15-27-22(28)30-16-17-10-7-6-8-11-17/h6-14H,15-16H2,1-5H3,(H,27,28). The van der Waals surface area contributed by atoms with E-state index in [1.165, 1.54) is 13.2 Å². The first kappa shape index (κ1) is 23.8. The molecule has 1 aliphatic rings. The van der Waals surface area contributed by atoms with E-state index in [-0.39, 0.29) is 18.9 Å². The van der Waals surface area contributed by atoms with Crippen LogP contribution < -0.4 is 10.1 Å². The van der Waals surface area contributed by atoms with Crippen LogP contribution in [-0.2, 0) is 20.7 Å². The van der Waals surface area contributed by atoms with Gasteiger partial charge in [-0.15, -0.1) is 0 Å². The number of para-hydroxylation sites is 1. The third kappa shape index (κ3) is 5.50. The van der Waals surface area contributed by atoms with Crippen LogP contribution >= 0.6 is 0 Å². The number of alkyl carbamates (subject to hydrolysis) is 1. The molecule has 0 atom stereocenters. The van der Waals surface area contributed by atoms with E-state index in [0.29, 0.717) is 11.0 Å². The Morgan fingerprint density at radius 2 is 1.72 bits per heavy atom. The highest BCUT2D eigenvalue weighted by Gasteiger charge is 2.52. The minimum atomic E-state index is -0.734. The normalized spacial score (nSPS) is 17.2. The number of nitrogens with one attached hydrogen (secondary N) is 1. The van der Waals surface area contributed by atoms with Crippen LogP contribution in [0.5, 0.6) is 5.75 Å². The van der Waals surface area contributed by atoms with Crippen molar-refractivity contribution in [3.05, 3.63) is 70.9 Å². The highest BCUT2D eigenvalue weighted by Crippen LogP contribution is 2.39. The summed E-state index contributed by atoms with van der Waals surface area (Å²) < 4.78 is 37.0. The maximum Gasteiger partial charge on any atom is 0.492 e. The molecule has 0 radical (unpaired) electrons. The van der Waals surface area contributed by atoms with Gasteiger partial charge in [-0.05, 0) is 44.8 Å². The Labute approximate surface area is 188 Å². The highest BCUT2D eigenvalue weighted by molar-refractivity contribution is 6.56. The third-order valence-electron chi connectivity index (χ3n) is 5.75. The molecule has 32 heavy (non-hydrogen) atoms. The average molecular weight is 441 g/mol. The second kappa shape index (κ2) is 9.75. The predicted molar refractivity (Wildman–Crippen MR) is 122 cm³/mol. The molecule has 0 aromatic heterocycles. The van der Waals surface area contributed by atoms with Crippen molar-refractivity contribution in [2.75, 3.05) is 13.7 Å². The lowest BCUT2D eigenvalue weighted by atomic mass is 9.77. The minimum Gasteiger partial charge on any atom is -0.493 e. The Kier molecular flexibility index (Phi) is 7.26. The lowest BCUT2D eigenvalue weighted by Crippen LogP contribution is -2.41. The number of benzene rings is 2. The van der Waals surface area contributed by atoms with Crippen LogP contribution in [0.1, 0.15) is 38.8 Å². The molecule has 6 nitrogen and oxygen atoms in total. The minimum absolute atomic E-state index is 0.0874. The molecule has 1 fully saturated rings. The molecule has 0 unspecified atom stereocenters. The van der Waals surface area contributed by atoms with Gasteiger partial charge < -0.3 is 24.1 Å². The van der Waals surface area contributed by atoms with E-state index >= 15 is 0 Å². The molecule has 2 aromatic carbocycles.